The molecule has 2 heterocycles. The molecule has 2 aliphatic rings. The smallest absolute Gasteiger partial charge is 0.364 e. The van der Waals surface area contributed by atoms with Crippen molar-refractivity contribution in [3.05, 3.63) is 46.8 Å². The van der Waals surface area contributed by atoms with E-state index in [0.29, 0.717) is 13.1 Å². The summed E-state index contributed by atoms with van der Waals surface area (Å²) in [7, 11) is 0. The van der Waals surface area contributed by atoms with Crippen molar-refractivity contribution >= 4 is 5.91 Å². The Morgan fingerprint density at radius 2 is 2.09 bits per heavy atom. The maximum atomic E-state index is 13.2. The Bertz CT molecular complexity index is 681. The number of hydrogen-bond donors (Lipinski definition) is 1. The normalized spacial score (nSPS) is 21.1. The van der Waals surface area contributed by atoms with Gasteiger partial charge in [-0.3, -0.25) is 4.79 Å². The predicted octanol–water partition coefficient (Wildman–Crippen LogP) is 2.47. The Morgan fingerprint density at radius 3 is 2.77 bits per heavy atom. The molecular formula is C14H13F3N4O. The Kier molecular flexibility index (Phi) is 3.48. The Labute approximate surface area is 124 Å². The van der Waals surface area contributed by atoms with Crippen molar-refractivity contribution in [1.82, 2.24) is 4.90 Å². The molecule has 0 fully saturated rings. The van der Waals surface area contributed by atoms with Crippen LogP contribution in [0.5, 0.6) is 0 Å². The van der Waals surface area contributed by atoms with Crippen molar-refractivity contribution in [2.75, 3.05) is 0 Å². The van der Waals surface area contributed by atoms with Crippen molar-refractivity contribution in [2.45, 2.75) is 25.8 Å². The summed E-state index contributed by atoms with van der Waals surface area (Å²) in [6, 6.07) is 5.53. The fraction of sp³-hybridized carbons (Fsp3) is 0.357. The number of fused-ring (bicyclic) bond motifs is 1. The van der Waals surface area contributed by atoms with Gasteiger partial charge in [-0.15, -0.1) is 5.11 Å². The molecule has 22 heavy (non-hydrogen) atoms. The molecule has 0 bridgehead atoms. The van der Waals surface area contributed by atoms with Gasteiger partial charge in [0.15, 0.2) is 5.92 Å². The SMILES string of the molecule is NCc1cccc2c1CN(C1=CN=NC(=O)C1C(F)(F)F)C2. The van der Waals surface area contributed by atoms with Crippen LogP contribution in [0.3, 0.4) is 0 Å². The average molecular weight is 310 g/mol. The first kappa shape index (κ1) is 14.7. The van der Waals surface area contributed by atoms with Crippen LogP contribution >= 0.6 is 0 Å². The number of benzene rings is 1. The van der Waals surface area contributed by atoms with Crippen LogP contribution in [0.1, 0.15) is 16.7 Å². The molecule has 5 nitrogen and oxygen atoms in total. The second kappa shape index (κ2) is 5.20. The molecule has 0 aromatic heterocycles. The van der Waals surface area contributed by atoms with E-state index in [1.54, 1.807) is 0 Å². The van der Waals surface area contributed by atoms with E-state index in [1.165, 1.54) is 4.90 Å². The lowest BCUT2D eigenvalue weighted by molar-refractivity contribution is -0.177. The second-order valence-electron chi connectivity index (χ2n) is 5.20. The number of carbonyl (C=O) groups excluding carboxylic acids is 1. The highest BCUT2D eigenvalue weighted by Crippen LogP contribution is 2.40. The molecule has 1 aromatic rings. The van der Waals surface area contributed by atoms with Gasteiger partial charge in [-0.2, -0.15) is 18.3 Å². The Hall–Kier alpha value is -2.22. The van der Waals surface area contributed by atoms with E-state index in [1.807, 2.05) is 18.2 Å². The van der Waals surface area contributed by atoms with Crippen LogP contribution in [0, 0.1) is 5.92 Å². The van der Waals surface area contributed by atoms with Crippen LogP contribution in [0.15, 0.2) is 40.3 Å². The van der Waals surface area contributed by atoms with Crippen LogP contribution in [0.2, 0.25) is 0 Å². The summed E-state index contributed by atoms with van der Waals surface area (Å²) in [6.07, 6.45) is -3.67. The lowest BCUT2D eigenvalue weighted by atomic mass is 10.0. The van der Waals surface area contributed by atoms with E-state index in [2.05, 4.69) is 10.2 Å². The van der Waals surface area contributed by atoms with Gasteiger partial charge < -0.3 is 10.6 Å². The number of nitrogens with zero attached hydrogens (tertiary/aromatic N) is 3. The van der Waals surface area contributed by atoms with Crippen molar-refractivity contribution < 1.29 is 18.0 Å². The third-order valence-corrected chi connectivity index (χ3v) is 3.88. The first-order valence-electron chi connectivity index (χ1n) is 6.68. The third-order valence-electron chi connectivity index (χ3n) is 3.88. The molecule has 1 atom stereocenters. The van der Waals surface area contributed by atoms with E-state index in [4.69, 9.17) is 5.73 Å². The van der Waals surface area contributed by atoms with Gasteiger partial charge in [0, 0.05) is 19.6 Å². The van der Waals surface area contributed by atoms with E-state index < -0.39 is 18.0 Å². The molecule has 1 amide bonds. The van der Waals surface area contributed by atoms with E-state index in [0.717, 1.165) is 22.9 Å². The quantitative estimate of drug-likeness (QED) is 0.912. The summed E-state index contributed by atoms with van der Waals surface area (Å²) in [5, 5.41) is 6.43. The molecular weight excluding hydrogens is 297 g/mol. The highest BCUT2D eigenvalue weighted by molar-refractivity contribution is 5.83. The minimum absolute atomic E-state index is 0.160. The zero-order valence-electron chi connectivity index (χ0n) is 11.5. The van der Waals surface area contributed by atoms with Crippen molar-refractivity contribution in [2.24, 2.45) is 21.9 Å². The van der Waals surface area contributed by atoms with Gasteiger partial charge in [-0.25, -0.2) is 0 Å². The summed E-state index contributed by atoms with van der Waals surface area (Å²) >= 11 is 0. The molecule has 1 unspecified atom stereocenters. The zero-order chi connectivity index (χ0) is 15.9. The maximum absolute atomic E-state index is 13.2. The molecule has 116 valence electrons. The van der Waals surface area contributed by atoms with Crippen molar-refractivity contribution in [3.63, 3.8) is 0 Å². The highest BCUT2D eigenvalue weighted by Gasteiger charge is 2.50. The first-order chi connectivity index (χ1) is 10.4. The van der Waals surface area contributed by atoms with Gasteiger partial charge in [0.05, 0.1) is 11.9 Å². The molecule has 2 aliphatic heterocycles. The van der Waals surface area contributed by atoms with Crippen LogP contribution in [0.25, 0.3) is 0 Å². The van der Waals surface area contributed by atoms with Crippen LogP contribution in [-0.4, -0.2) is 17.0 Å². The van der Waals surface area contributed by atoms with Gasteiger partial charge in [0.25, 0.3) is 5.91 Å². The number of azo groups is 1. The largest absolute Gasteiger partial charge is 0.406 e. The van der Waals surface area contributed by atoms with Crippen molar-refractivity contribution in [3.8, 4) is 0 Å². The van der Waals surface area contributed by atoms with Gasteiger partial charge >= 0.3 is 6.18 Å². The number of halogens is 3. The molecule has 0 saturated heterocycles. The van der Waals surface area contributed by atoms with Gasteiger partial charge in [0.2, 0.25) is 0 Å². The standard InChI is InChI=1S/C14H13F3N4O/c15-14(16,17)12-11(5-19-20-13(12)22)21-6-9-3-1-2-8(4-18)10(9)7-21/h1-3,5,12H,4,6-7,18H2. The zero-order valence-corrected chi connectivity index (χ0v) is 11.5. The first-order valence-corrected chi connectivity index (χ1v) is 6.68. The topological polar surface area (TPSA) is 71.0 Å². The molecule has 0 radical (unpaired) electrons. The van der Waals surface area contributed by atoms with E-state index >= 15 is 0 Å². The summed E-state index contributed by atoms with van der Waals surface area (Å²) in [4.78, 5) is 13.0. The van der Waals surface area contributed by atoms with Crippen LogP contribution < -0.4 is 5.73 Å². The predicted molar refractivity (Wildman–Crippen MR) is 71.1 cm³/mol. The number of nitrogens with two attached hydrogens (primary N) is 1. The molecule has 0 aliphatic carbocycles. The number of amides is 1. The summed E-state index contributed by atoms with van der Waals surface area (Å²) in [5.74, 6) is -3.53. The lowest BCUT2D eigenvalue weighted by Gasteiger charge is -2.29. The van der Waals surface area contributed by atoms with Crippen LogP contribution in [0.4, 0.5) is 13.2 Å². The Balaban J connectivity index is 1.94. The monoisotopic (exact) mass is 310 g/mol. The minimum Gasteiger partial charge on any atom is -0.364 e. The molecule has 2 N–H and O–H groups in total. The van der Waals surface area contributed by atoms with Gasteiger partial charge in [0.1, 0.15) is 0 Å². The summed E-state index contributed by atoms with van der Waals surface area (Å²) < 4.78 is 39.5. The number of alkyl halides is 3. The van der Waals surface area contributed by atoms with E-state index in [-0.39, 0.29) is 12.2 Å². The minimum atomic E-state index is -4.69. The summed E-state index contributed by atoms with van der Waals surface area (Å²) in [6.45, 7) is 0.895. The number of rotatable bonds is 2. The molecule has 3 rings (SSSR count). The number of hydrogen-bond acceptors (Lipinski definition) is 4. The van der Waals surface area contributed by atoms with Crippen molar-refractivity contribution in [1.29, 1.82) is 0 Å². The molecule has 8 heteroatoms. The summed E-state index contributed by atoms with van der Waals surface area (Å²) in [5.41, 5.74) is 8.24. The second-order valence-corrected chi connectivity index (χ2v) is 5.20. The fourth-order valence-electron chi connectivity index (χ4n) is 2.84. The van der Waals surface area contributed by atoms with Gasteiger partial charge in [-0.05, 0) is 16.7 Å². The number of carbonyl (C=O) groups is 1. The average Bonchev–Trinajstić information content (AvgIpc) is 2.89. The van der Waals surface area contributed by atoms with Crippen LogP contribution in [-0.2, 0) is 24.4 Å². The lowest BCUT2D eigenvalue weighted by Crippen LogP contribution is -2.38. The highest BCUT2D eigenvalue weighted by atomic mass is 19.4. The molecule has 1 aromatic carbocycles. The molecule has 0 spiro atoms. The van der Waals surface area contributed by atoms with E-state index in [9.17, 15) is 18.0 Å². The Morgan fingerprint density at radius 1 is 1.32 bits per heavy atom. The molecule has 0 saturated carbocycles. The maximum Gasteiger partial charge on any atom is 0.406 e. The fourth-order valence-corrected chi connectivity index (χ4v) is 2.84. The third kappa shape index (κ3) is 2.39. The van der Waals surface area contributed by atoms with Gasteiger partial charge in [-0.1, -0.05) is 18.2 Å².